The fraction of sp³-hybridized carbons (Fsp3) is 0.0714. The van der Waals surface area contributed by atoms with Crippen molar-refractivity contribution >= 4 is 11.6 Å². The molecule has 0 atom stereocenters. The van der Waals surface area contributed by atoms with Crippen molar-refractivity contribution in [3.05, 3.63) is 59.7 Å². The molecule has 0 spiro atoms. The molecule has 1 amide bonds. The van der Waals surface area contributed by atoms with Crippen molar-refractivity contribution in [1.29, 1.82) is 0 Å². The van der Waals surface area contributed by atoms with Gasteiger partial charge in [-0.3, -0.25) is 4.79 Å². The van der Waals surface area contributed by atoms with E-state index in [4.69, 9.17) is 0 Å². The van der Waals surface area contributed by atoms with Gasteiger partial charge in [-0.2, -0.15) is 0 Å². The first-order valence-electron chi connectivity index (χ1n) is 5.87. The predicted molar refractivity (Wildman–Crippen MR) is 67.4 cm³/mol. The summed E-state index contributed by atoms with van der Waals surface area (Å²) in [5.74, 6) is -3.86. The first-order chi connectivity index (χ1) is 10.3. The van der Waals surface area contributed by atoms with Crippen molar-refractivity contribution in [3.63, 3.8) is 0 Å². The van der Waals surface area contributed by atoms with E-state index in [1.807, 2.05) is 0 Å². The summed E-state index contributed by atoms with van der Waals surface area (Å²) in [4.78, 5) is 11.8. The van der Waals surface area contributed by atoms with Crippen molar-refractivity contribution in [3.8, 4) is 5.75 Å². The van der Waals surface area contributed by atoms with Crippen molar-refractivity contribution in [2.24, 2.45) is 0 Å². The van der Waals surface area contributed by atoms with Crippen LogP contribution < -0.4 is 10.1 Å². The van der Waals surface area contributed by atoms with E-state index in [-0.39, 0.29) is 5.69 Å². The number of benzene rings is 2. The molecule has 2 aromatic rings. The summed E-state index contributed by atoms with van der Waals surface area (Å²) in [7, 11) is 0. The molecule has 0 saturated carbocycles. The Labute approximate surface area is 121 Å². The van der Waals surface area contributed by atoms with Gasteiger partial charge in [-0.05, 0) is 24.3 Å². The van der Waals surface area contributed by atoms with Gasteiger partial charge in [-0.1, -0.05) is 12.1 Å². The lowest BCUT2D eigenvalue weighted by molar-refractivity contribution is -0.274. The third-order valence-corrected chi connectivity index (χ3v) is 2.52. The number of ether oxygens (including phenoxy) is 1. The van der Waals surface area contributed by atoms with E-state index in [9.17, 15) is 26.7 Å². The molecule has 8 heteroatoms. The standard InChI is InChI=1S/C14H8F5NO2/c15-10-5-2-6-11(16)12(10)13(21)20-8-3-1-4-9(7-8)22-14(17,18)19/h1-7H,(H,20,21). The molecule has 0 aliphatic carbocycles. The molecular formula is C14H8F5NO2. The van der Waals surface area contributed by atoms with Crippen LogP contribution in [0.25, 0.3) is 0 Å². The zero-order valence-electron chi connectivity index (χ0n) is 10.7. The minimum Gasteiger partial charge on any atom is -0.406 e. The number of hydrogen-bond acceptors (Lipinski definition) is 2. The number of alkyl halides is 3. The molecule has 0 radical (unpaired) electrons. The van der Waals surface area contributed by atoms with Crippen LogP contribution in [0.1, 0.15) is 10.4 Å². The number of rotatable bonds is 3. The lowest BCUT2D eigenvalue weighted by Crippen LogP contribution is -2.18. The van der Waals surface area contributed by atoms with Crippen molar-refractivity contribution in [2.75, 3.05) is 5.32 Å². The highest BCUT2D eigenvalue weighted by atomic mass is 19.4. The van der Waals surface area contributed by atoms with E-state index in [0.717, 1.165) is 30.3 Å². The average Bonchev–Trinajstić information content (AvgIpc) is 2.36. The molecule has 0 bridgehead atoms. The zero-order chi connectivity index (χ0) is 16.3. The summed E-state index contributed by atoms with van der Waals surface area (Å²) in [6, 6.07) is 7.20. The minimum absolute atomic E-state index is 0.102. The van der Waals surface area contributed by atoms with E-state index < -0.39 is 35.2 Å². The van der Waals surface area contributed by atoms with Crippen LogP contribution in [0, 0.1) is 11.6 Å². The van der Waals surface area contributed by atoms with E-state index in [2.05, 4.69) is 10.1 Å². The van der Waals surface area contributed by atoms with Crippen LogP contribution in [0.2, 0.25) is 0 Å². The predicted octanol–water partition coefficient (Wildman–Crippen LogP) is 4.12. The van der Waals surface area contributed by atoms with Crippen LogP contribution in [-0.2, 0) is 0 Å². The molecule has 0 aromatic heterocycles. The van der Waals surface area contributed by atoms with Gasteiger partial charge >= 0.3 is 6.36 Å². The second kappa shape index (κ2) is 6.00. The SMILES string of the molecule is O=C(Nc1cccc(OC(F)(F)F)c1)c1c(F)cccc1F. The molecule has 22 heavy (non-hydrogen) atoms. The molecule has 0 aliphatic heterocycles. The van der Waals surface area contributed by atoms with Crippen LogP contribution >= 0.6 is 0 Å². The summed E-state index contributed by atoms with van der Waals surface area (Å²) in [6.07, 6.45) is -4.89. The third kappa shape index (κ3) is 3.94. The third-order valence-electron chi connectivity index (χ3n) is 2.52. The molecule has 0 saturated heterocycles. The number of carbonyl (C=O) groups is 1. The Morgan fingerprint density at radius 2 is 1.59 bits per heavy atom. The molecule has 116 valence electrons. The molecule has 0 heterocycles. The van der Waals surface area contributed by atoms with Gasteiger partial charge in [0, 0.05) is 11.8 Å². The first-order valence-corrected chi connectivity index (χ1v) is 5.87. The quantitative estimate of drug-likeness (QED) is 0.865. The molecule has 0 unspecified atom stereocenters. The minimum atomic E-state index is -4.89. The Morgan fingerprint density at radius 3 is 2.18 bits per heavy atom. The van der Waals surface area contributed by atoms with Gasteiger partial charge < -0.3 is 10.1 Å². The number of carbonyl (C=O) groups excluding carboxylic acids is 1. The van der Waals surface area contributed by atoms with Gasteiger partial charge in [0.15, 0.2) is 0 Å². The Bertz CT molecular complexity index is 680. The normalized spacial score (nSPS) is 11.1. The van der Waals surface area contributed by atoms with Crippen LogP contribution in [0.5, 0.6) is 5.75 Å². The summed E-state index contributed by atoms with van der Waals surface area (Å²) in [5.41, 5.74) is -0.931. The maximum Gasteiger partial charge on any atom is 0.573 e. The average molecular weight is 317 g/mol. The lowest BCUT2D eigenvalue weighted by atomic mass is 10.1. The maximum absolute atomic E-state index is 13.4. The van der Waals surface area contributed by atoms with Gasteiger partial charge in [0.05, 0.1) is 0 Å². The molecular weight excluding hydrogens is 309 g/mol. The second-order valence-corrected chi connectivity index (χ2v) is 4.13. The van der Waals surface area contributed by atoms with Gasteiger partial charge in [0.1, 0.15) is 22.9 Å². The van der Waals surface area contributed by atoms with E-state index in [1.54, 1.807) is 0 Å². The van der Waals surface area contributed by atoms with E-state index in [1.165, 1.54) is 12.1 Å². The van der Waals surface area contributed by atoms with E-state index in [0.29, 0.717) is 0 Å². The Hall–Kier alpha value is -2.64. The number of anilines is 1. The molecule has 2 rings (SSSR count). The highest BCUT2D eigenvalue weighted by Gasteiger charge is 2.31. The van der Waals surface area contributed by atoms with E-state index >= 15 is 0 Å². The van der Waals surface area contributed by atoms with Crippen LogP contribution in [0.3, 0.4) is 0 Å². The second-order valence-electron chi connectivity index (χ2n) is 4.13. The van der Waals surface area contributed by atoms with Gasteiger partial charge in [0.2, 0.25) is 0 Å². The molecule has 0 aliphatic rings. The van der Waals surface area contributed by atoms with Crippen LogP contribution in [-0.4, -0.2) is 12.3 Å². The highest BCUT2D eigenvalue weighted by Crippen LogP contribution is 2.25. The number of halogens is 5. The monoisotopic (exact) mass is 317 g/mol. The fourth-order valence-electron chi connectivity index (χ4n) is 1.68. The van der Waals surface area contributed by atoms with Crippen molar-refractivity contribution < 1.29 is 31.5 Å². The Kier molecular flexibility index (Phi) is 4.30. The number of amides is 1. The fourth-order valence-corrected chi connectivity index (χ4v) is 1.68. The Morgan fingerprint density at radius 1 is 1.00 bits per heavy atom. The summed E-state index contributed by atoms with van der Waals surface area (Å²) in [5, 5.41) is 2.10. The summed E-state index contributed by atoms with van der Waals surface area (Å²) in [6.45, 7) is 0. The highest BCUT2D eigenvalue weighted by molar-refractivity contribution is 6.04. The molecule has 3 nitrogen and oxygen atoms in total. The number of hydrogen-bond donors (Lipinski definition) is 1. The molecule has 0 fully saturated rings. The van der Waals surface area contributed by atoms with Crippen molar-refractivity contribution in [2.45, 2.75) is 6.36 Å². The topological polar surface area (TPSA) is 38.3 Å². The van der Waals surface area contributed by atoms with Gasteiger partial charge in [0.25, 0.3) is 5.91 Å². The summed E-state index contributed by atoms with van der Waals surface area (Å²) < 4.78 is 66.8. The summed E-state index contributed by atoms with van der Waals surface area (Å²) >= 11 is 0. The smallest absolute Gasteiger partial charge is 0.406 e. The number of nitrogens with one attached hydrogen (secondary N) is 1. The zero-order valence-corrected chi connectivity index (χ0v) is 10.7. The van der Waals surface area contributed by atoms with Crippen LogP contribution in [0.4, 0.5) is 27.6 Å². The van der Waals surface area contributed by atoms with Gasteiger partial charge in [-0.25, -0.2) is 8.78 Å². The Balaban J connectivity index is 2.20. The van der Waals surface area contributed by atoms with Crippen molar-refractivity contribution in [1.82, 2.24) is 0 Å². The molecule has 1 N–H and O–H groups in total. The van der Waals surface area contributed by atoms with Crippen LogP contribution in [0.15, 0.2) is 42.5 Å². The van der Waals surface area contributed by atoms with Gasteiger partial charge in [-0.15, -0.1) is 13.2 Å². The largest absolute Gasteiger partial charge is 0.573 e. The lowest BCUT2D eigenvalue weighted by Gasteiger charge is -2.11. The maximum atomic E-state index is 13.4. The first kappa shape index (κ1) is 15.7. The molecule has 2 aromatic carbocycles.